The first-order valence-electron chi connectivity index (χ1n) is 7.74. The van der Waals surface area contributed by atoms with Crippen molar-refractivity contribution in [3.05, 3.63) is 69.7 Å². The van der Waals surface area contributed by atoms with Crippen molar-refractivity contribution in [1.82, 2.24) is 5.32 Å². The number of nitrogens with one attached hydrogen (secondary N) is 1. The molecular weight excluding hydrogens is 278 g/mol. The Labute approximate surface area is 133 Å². The third-order valence-electron chi connectivity index (χ3n) is 3.75. The molecule has 0 spiro atoms. The Hall–Kier alpha value is -1.31. The highest BCUT2D eigenvalue weighted by atomic mass is 35.5. The second-order valence-corrected chi connectivity index (χ2v) is 5.90. The van der Waals surface area contributed by atoms with E-state index in [1.165, 1.54) is 23.1 Å². The van der Waals surface area contributed by atoms with Gasteiger partial charge in [0, 0.05) is 5.02 Å². The minimum atomic E-state index is 0.225. The summed E-state index contributed by atoms with van der Waals surface area (Å²) in [6.07, 6.45) is 2.31. The summed E-state index contributed by atoms with van der Waals surface area (Å²) in [6, 6.07) is 15.4. The van der Waals surface area contributed by atoms with Crippen LogP contribution in [0.5, 0.6) is 0 Å². The molecule has 1 unspecified atom stereocenters. The van der Waals surface area contributed by atoms with Gasteiger partial charge in [-0.3, -0.25) is 0 Å². The summed E-state index contributed by atoms with van der Waals surface area (Å²) in [7, 11) is 0. The van der Waals surface area contributed by atoms with Crippen molar-refractivity contribution in [2.45, 2.75) is 39.7 Å². The summed E-state index contributed by atoms with van der Waals surface area (Å²) in [4.78, 5) is 0. The average molecular weight is 302 g/mol. The molecule has 0 heterocycles. The van der Waals surface area contributed by atoms with Crippen LogP contribution in [0.3, 0.4) is 0 Å². The molecule has 112 valence electrons. The van der Waals surface area contributed by atoms with Crippen LogP contribution >= 0.6 is 11.6 Å². The molecule has 2 heteroatoms. The van der Waals surface area contributed by atoms with Crippen LogP contribution in [0.1, 0.15) is 48.6 Å². The zero-order valence-electron chi connectivity index (χ0n) is 13.1. The fourth-order valence-electron chi connectivity index (χ4n) is 2.70. The molecule has 0 bridgehead atoms. The van der Waals surface area contributed by atoms with E-state index in [1.54, 1.807) is 0 Å². The molecule has 2 rings (SSSR count). The predicted molar refractivity (Wildman–Crippen MR) is 92.1 cm³/mol. The molecule has 21 heavy (non-hydrogen) atoms. The molecule has 0 amide bonds. The summed E-state index contributed by atoms with van der Waals surface area (Å²) in [5.41, 5.74) is 5.13. The summed E-state index contributed by atoms with van der Waals surface area (Å²) in [5.74, 6) is 0. The third-order valence-corrected chi connectivity index (χ3v) is 4.17. The van der Waals surface area contributed by atoms with Gasteiger partial charge in [-0.05, 0) is 48.2 Å². The predicted octanol–water partition coefficient (Wildman–Crippen LogP) is 5.30. The fourth-order valence-corrected chi connectivity index (χ4v) is 2.81. The molecule has 0 fully saturated rings. The van der Waals surface area contributed by atoms with Crippen LogP contribution in [-0.4, -0.2) is 6.54 Å². The van der Waals surface area contributed by atoms with Crippen LogP contribution in [0, 0.1) is 6.92 Å². The average Bonchev–Trinajstić information content (AvgIpc) is 2.48. The molecule has 1 N–H and O–H groups in total. The van der Waals surface area contributed by atoms with Crippen LogP contribution < -0.4 is 5.32 Å². The number of halogens is 1. The summed E-state index contributed by atoms with van der Waals surface area (Å²) in [6.45, 7) is 7.36. The number of hydrogen-bond donors (Lipinski definition) is 1. The van der Waals surface area contributed by atoms with Gasteiger partial charge in [0.2, 0.25) is 0 Å². The van der Waals surface area contributed by atoms with Crippen molar-refractivity contribution < 1.29 is 0 Å². The SMILES string of the molecule is CCCc1cccc(C(NCC)c2ccc(Cl)c(C)c2)c1. The van der Waals surface area contributed by atoms with E-state index in [9.17, 15) is 0 Å². The molecule has 0 saturated heterocycles. The molecule has 1 atom stereocenters. The molecule has 0 aliphatic heterocycles. The van der Waals surface area contributed by atoms with Gasteiger partial charge in [-0.25, -0.2) is 0 Å². The molecule has 0 radical (unpaired) electrons. The first-order chi connectivity index (χ1) is 10.2. The lowest BCUT2D eigenvalue weighted by Crippen LogP contribution is -2.22. The van der Waals surface area contributed by atoms with Crippen LogP contribution in [0.2, 0.25) is 5.02 Å². The van der Waals surface area contributed by atoms with Crippen molar-refractivity contribution in [1.29, 1.82) is 0 Å². The van der Waals surface area contributed by atoms with Gasteiger partial charge in [0.1, 0.15) is 0 Å². The second kappa shape index (κ2) is 7.63. The minimum Gasteiger partial charge on any atom is -0.307 e. The Bertz CT molecular complexity index is 592. The van der Waals surface area contributed by atoms with Crippen LogP contribution in [-0.2, 0) is 6.42 Å². The third kappa shape index (κ3) is 4.09. The van der Waals surface area contributed by atoms with E-state index in [4.69, 9.17) is 11.6 Å². The maximum Gasteiger partial charge on any atom is 0.0576 e. The van der Waals surface area contributed by atoms with Gasteiger partial charge in [0.25, 0.3) is 0 Å². The molecule has 1 nitrogen and oxygen atoms in total. The Morgan fingerprint density at radius 2 is 1.81 bits per heavy atom. The first kappa shape index (κ1) is 16.1. The van der Waals surface area contributed by atoms with Crippen molar-refractivity contribution in [2.75, 3.05) is 6.54 Å². The van der Waals surface area contributed by atoms with Gasteiger partial charge in [0.05, 0.1) is 6.04 Å². The maximum absolute atomic E-state index is 6.15. The van der Waals surface area contributed by atoms with E-state index in [-0.39, 0.29) is 6.04 Å². The minimum absolute atomic E-state index is 0.225. The quantitative estimate of drug-likeness (QED) is 0.763. The van der Waals surface area contributed by atoms with Crippen LogP contribution in [0.25, 0.3) is 0 Å². The Balaban J connectivity index is 2.37. The van der Waals surface area contributed by atoms with Gasteiger partial charge in [-0.15, -0.1) is 0 Å². The zero-order chi connectivity index (χ0) is 15.2. The van der Waals surface area contributed by atoms with Crippen molar-refractivity contribution in [2.24, 2.45) is 0 Å². The number of benzene rings is 2. The van der Waals surface area contributed by atoms with E-state index in [2.05, 4.69) is 62.5 Å². The molecule has 2 aromatic carbocycles. The highest BCUT2D eigenvalue weighted by molar-refractivity contribution is 6.31. The van der Waals surface area contributed by atoms with E-state index >= 15 is 0 Å². The lowest BCUT2D eigenvalue weighted by molar-refractivity contribution is 0.629. The number of aryl methyl sites for hydroxylation is 2. The maximum atomic E-state index is 6.15. The van der Waals surface area contributed by atoms with Crippen molar-refractivity contribution >= 4 is 11.6 Å². The summed E-state index contributed by atoms with van der Waals surface area (Å²) < 4.78 is 0. The van der Waals surface area contributed by atoms with Gasteiger partial charge in [-0.2, -0.15) is 0 Å². The zero-order valence-corrected chi connectivity index (χ0v) is 13.9. The highest BCUT2D eigenvalue weighted by Crippen LogP contribution is 2.26. The summed E-state index contributed by atoms with van der Waals surface area (Å²) >= 11 is 6.15. The lowest BCUT2D eigenvalue weighted by atomic mass is 9.95. The largest absolute Gasteiger partial charge is 0.307 e. The number of rotatable bonds is 6. The molecule has 0 aliphatic carbocycles. The normalized spacial score (nSPS) is 12.4. The Morgan fingerprint density at radius 3 is 2.48 bits per heavy atom. The molecule has 0 aliphatic rings. The van der Waals surface area contributed by atoms with E-state index < -0.39 is 0 Å². The molecular formula is C19H24ClN. The highest BCUT2D eigenvalue weighted by Gasteiger charge is 2.14. The van der Waals surface area contributed by atoms with E-state index in [1.807, 2.05) is 6.07 Å². The van der Waals surface area contributed by atoms with Crippen molar-refractivity contribution in [3.8, 4) is 0 Å². The fraction of sp³-hybridized carbons (Fsp3) is 0.368. The van der Waals surface area contributed by atoms with E-state index in [0.29, 0.717) is 0 Å². The van der Waals surface area contributed by atoms with Crippen molar-refractivity contribution in [3.63, 3.8) is 0 Å². The topological polar surface area (TPSA) is 12.0 Å². The lowest BCUT2D eigenvalue weighted by Gasteiger charge is -2.20. The monoisotopic (exact) mass is 301 g/mol. The number of hydrogen-bond acceptors (Lipinski definition) is 1. The van der Waals surface area contributed by atoms with Gasteiger partial charge >= 0.3 is 0 Å². The van der Waals surface area contributed by atoms with Gasteiger partial charge in [0.15, 0.2) is 0 Å². The summed E-state index contributed by atoms with van der Waals surface area (Å²) in [5, 5.41) is 4.42. The van der Waals surface area contributed by atoms with Gasteiger partial charge < -0.3 is 5.32 Å². The Kier molecular flexibility index (Phi) is 5.84. The second-order valence-electron chi connectivity index (χ2n) is 5.49. The van der Waals surface area contributed by atoms with E-state index in [0.717, 1.165) is 23.6 Å². The smallest absolute Gasteiger partial charge is 0.0576 e. The standard InChI is InChI=1S/C19H24ClN/c1-4-7-15-8-6-9-16(13-15)19(21-5-2)17-10-11-18(20)14(3)12-17/h6,8-13,19,21H,4-5,7H2,1-3H3. The van der Waals surface area contributed by atoms with Gasteiger partial charge in [-0.1, -0.05) is 68.3 Å². The van der Waals surface area contributed by atoms with Crippen LogP contribution in [0.4, 0.5) is 0 Å². The Morgan fingerprint density at radius 1 is 1.05 bits per heavy atom. The molecule has 0 saturated carbocycles. The first-order valence-corrected chi connectivity index (χ1v) is 8.11. The molecule has 0 aromatic heterocycles. The van der Waals surface area contributed by atoms with Crippen LogP contribution in [0.15, 0.2) is 42.5 Å². The molecule has 2 aromatic rings.